The second kappa shape index (κ2) is 6.72. The molecular formula is C15H20N2OS. The predicted octanol–water partition coefficient (Wildman–Crippen LogP) is 3.65. The van der Waals surface area contributed by atoms with E-state index in [2.05, 4.69) is 17.6 Å². The van der Waals surface area contributed by atoms with Crippen LogP contribution < -0.4 is 10.1 Å². The molecule has 2 unspecified atom stereocenters. The Balaban J connectivity index is 2.11. The van der Waals surface area contributed by atoms with E-state index in [1.165, 1.54) is 25.7 Å². The van der Waals surface area contributed by atoms with Crippen LogP contribution in [-0.4, -0.2) is 24.7 Å². The molecule has 0 spiro atoms. The molecule has 0 radical (unpaired) electrons. The fourth-order valence-electron chi connectivity index (χ4n) is 2.58. The third kappa shape index (κ3) is 3.57. The number of hydrogen-bond donors (Lipinski definition) is 1. The summed E-state index contributed by atoms with van der Waals surface area (Å²) in [5.41, 5.74) is 1.58. The molecule has 0 aromatic heterocycles. The quantitative estimate of drug-likeness (QED) is 0.911. The van der Waals surface area contributed by atoms with Gasteiger partial charge in [-0.2, -0.15) is 17.0 Å². The highest BCUT2D eigenvalue weighted by Gasteiger charge is 2.21. The zero-order valence-electron chi connectivity index (χ0n) is 11.5. The molecule has 0 amide bonds. The van der Waals surface area contributed by atoms with E-state index < -0.39 is 0 Å². The molecule has 1 aromatic carbocycles. The number of ether oxygens (including phenoxy) is 1. The van der Waals surface area contributed by atoms with Crippen molar-refractivity contribution in [3.8, 4) is 11.8 Å². The molecule has 2 rings (SSSR count). The van der Waals surface area contributed by atoms with Crippen molar-refractivity contribution in [1.29, 1.82) is 5.26 Å². The normalized spacial score (nSPS) is 22.6. The van der Waals surface area contributed by atoms with Crippen LogP contribution in [0.25, 0.3) is 0 Å². The van der Waals surface area contributed by atoms with Crippen molar-refractivity contribution in [1.82, 2.24) is 0 Å². The summed E-state index contributed by atoms with van der Waals surface area (Å²) in [6.07, 6.45) is 7.10. The predicted molar refractivity (Wildman–Crippen MR) is 80.9 cm³/mol. The topological polar surface area (TPSA) is 45.0 Å². The van der Waals surface area contributed by atoms with Crippen molar-refractivity contribution < 1.29 is 4.74 Å². The Kier molecular flexibility index (Phi) is 4.98. The Bertz CT molecular complexity index is 470. The monoisotopic (exact) mass is 276 g/mol. The van der Waals surface area contributed by atoms with Gasteiger partial charge in [0.15, 0.2) is 0 Å². The molecule has 3 nitrogen and oxygen atoms in total. The van der Waals surface area contributed by atoms with Crippen LogP contribution in [0.2, 0.25) is 0 Å². The lowest BCUT2D eigenvalue weighted by Gasteiger charge is -2.29. The molecule has 4 heteroatoms. The van der Waals surface area contributed by atoms with Crippen LogP contribution in [0.1, 0.15) is 31.2 Å². The summed E-state index contributed by atoms with van der Waals surface area (Å²) in [5.74, 6) is 0.790. The molecule has 1 N–H and O–H groups in total. The molecule has 0 heterocycles. The lowest BCUT2D eigenvalue weighted by atomic mass is 9.94. The maximum Gasteiger partial charge on any atom is 0.121 e. The van der Waals surface area contributed by atoms with Crippen LogP contribution in [0.4, 0.5) is 5.69 Å². The minimum absolute atomic E-state index is 0.463. The highest BCUT2D eigenvalue weighted by Crippen LogP contribution is 2.30. The molecule has 1 aliphatic carbocycles. The first kappa shape index (κ1) is 14.1. The largest absolute Gasteiger partial charge is 0.497 e. The summed E-state index contributed by atoms with van der Waals surface area (Å²) in [4.78, 5) is 0. The summed E-state index contributed by atoms with van der Waals surface area (Å²) in [6.45, 7) is 0. The molecule has 1 saturated carbocycles. The van der Waals surface area contributed by atoms with Crippen LogP contribution in [0.15, 0.2) is 18.2 Å². The molecule has 0 bridgehead atoms. The number of thioether (sulfide) groups is 1. The van der Waals surface area contributed by atoms with Crippen LogP contribution >= 0.6 is 11.8 Å². The Morgan fingerprint density at radius 1 is 1.42 bits per heavy atom. The minimum atomic E-state index is 0.463. The van der Waals surface area contributed by atoms with Crippen molar-refractivity contribution in [3.05, 3.63) is 23.8 Å². The van der Waals surface area contributed by atoms with E-state index in [4.69, 9.17) is 4.74 Å². The molecule has 1 aliphatic rings. The van der Waals surface area contributed by atoms with E-state index in [1.54, 1.807) is 7.11 Å². The average molecular weight is 276 g/mol. The summed E-state index contributed by atoms with van der Waals surface area (Å²) in [6, 6.07) is 8.26. The number of hydrogen-bond acceptors (Lipinski definition) is 4. The maximum absolute atomic E-state index is 9.17. The van der Waals surface area contributed by atoms with Crippen LogP contribution in [0.5, 0.6) is 5.75 Å². The van der Waals surface area contributed by atoms with E-state index in [-0.39, 0.29) is 0 Å². The van der Waals surface area contributed by atoms with Gasteiger partial charge in [0.2, 0.25) is 0 Å². The van der Waals surface area contributed by atoms with Gasteiger partial charge >= 0.3 is 0 Å². The minimum Gasteiger partial charge on any atom is -0.497 e. The molecule has 2 atom stereocenters. The van der Waals surface area contributed by atoms with Gasteiger partial charge in [0.05, 0.1) is 18.4 Å². The zero-order chi connectivity index (χ0) is 13.7. The van der Waals surface area contributed by atoms with Gasteiger partial charge in [0.25, 0.3) is 0 Å². The number of nitrogens with zero attached hydrogens (tertiary/aromatic N) is 1. The first-order valence-electron chi connectivity index (χ1n) is 6.64. The van der Waals surface area contributed by atoms with E-state index in [0.29, 0.717) is 11.6 Å². The van der Waals surface area contributed by atoms with E-state index in [9.17, 15) is 5.26 Å². The standard InChI is InChI=1S/C15H20N2OS/c1-18-13-7-6-11(10-16)15(9-13)17-12-4-3-5-14(8-12)19-2/h6-7,9,12,14,17H,3-5,8H2,1-2H3. The highest BCUT2D eigenvalue weighted by atomic mass is 32.2. The van der Waals surface area contributed by atoms with Gasteiger partial charge in [0, 0.05) is 17.4 Å². The Morgan fingerprint density at radius 2 is 2.26 bits per heavy atom. The Hall–Kier alpha value is -1.34. The third-order valence-electron chi connectivity index (χ3n) is 3.67. The van der Waals surface area contributed by atoms with Crippen LogP contribution in [-0.2, 0) is 0 Å². The van der Waals surface area contributed by atoms with Crippen LogP contribution in [0, 0.1) is 11.3 Å². The molecular weight excluding hydrogens is 256 g/mol. The van der Waals surface area contributed by atoms with E-state index in [1.807, 2.05) is 30.0 Å². The number of methoxy groups -OCH3 is 1. The maximum atomic E-state index is 9.17. The molecule has 19 heavy (non-hydrogen) atoms. The second-order valence-corrected chi connectivity index (χ2v) is 6.03. The van der Waals surface area contributed by atoms with Crippen molar-refractivity contribution >= 4 is 17.4 Å². The van der Waals surface area contributed by atoms with Gasteiger partial charge in [0.1, 0.15) is 11.8 Å². The summed E-state index contributed by atoms with van der Waals surface area (Å²) < 4.78 is 5.23. The first-order chi connectivity index (χ1) is 9.26. The van der Waals surface area contributed by atoms with Gasteiger partial charge in [-0.25, -0.2) is 0 Å². The van der Waals surface area contributed by atoms with E-state index >= 15 is 0 Å². The van der Waals surface area contributed by atoms with Gasteiger partial charge in [-0.1, -0.05) is 6.42 Å². The Morgan fingerprint density at radius 3 is 2.95 bits per heavy atom. The summed E-state index contributed by atoms with van der Waals surface area (Å²) in [5, 5.41) is 13.4. The Labute approximate surface area is 119 Å². The molecule has 102 valence electrons. The SMILES string of the molecule is COc1ccc(C#N)c(NC2CCCC(SC)C2)c1. The van der Waals surface area contributed by atoms with Crippen molar-refractivity contribution in [2.45, 2.75) is 37.0 Å². The van der Waals surface area contributed by atoms with Gasteiger partial charge < -0.3 is 10.1 Å². The molecule has 0 aliphatic heterocycles. The lowest BCUT2D eigenvalue weighted by Crippen LogP contribution is -2.28. The summed E-state index contributed by atoms with van der Waals surface area (Å²) >= 11 is 1.95. The fraction of sp³-hybridized carbons (Fsp3) is 0.533. The zero-order valence-corrected chi connectivity index (χ0v) is 12.3. The van der Waals surface area contributed by atoms with E-state index in [0.717, 1.165) is 16.7 Å². The first-order valence-corrected chi connectivity index (χ1v) is 7.93. The number of benzene rings is 1. The molecule has 1 fully saturated rings. The van der Waals surface area contributed by atoms with Crippen molar-refractivity contribution in [2.75, 3.05) is 18.7 Å². The number of rotatable bonds is 4. The number of nitriles is 1. The third-order valence-corrected chi connectivity index (χ3v) is 4.76. The number of anilines is 1. The van der Waals surface area contributed by atoms with Crippen LogP contribution in [0.3, 0.4) is 0 Å². The smallest absolute Gasteiger partial charge is 0.121 e. The van der Waals surface area contributed by atoms with Gasteiger partial charge in [-0.05, 0) is 37.7 Å². The summed E-state index contributed by atoms with van der Waals surface area (Å²) in [7, 11) is 1.65. The van der Waals surface area contributed by atoms with Gasteiger partial charge in [-0.3, -0.25) is 0 Å². The second-order valence-electron chi connectivity index (χ2n) is 4.89. The average Bonchev–Trinajstić information content (AvgIpc) is 2.47. The fourth-order valence-corrected chi connectivity index (χ4v) is 3.40. The number of nitrogens with one attached hydrogen (secondary N) is 1. The lowest BCUT2D eigenvalue weighted by molar-refractivity contribution is 0.414. The highest BCUT2D eigenvalue weighted by molar-refractivity contribution is 7.99. The van der Waals surface area contributed by atoms with Crippen molar-refractivity contribution in [2.24, 2.45) is 0 Å². The van der Waals surface area contributed by atoms with Crippen molar-refractivity contribution in [3.63, 3.8) is 0 Å². The molecule has 0 saturated heterocycles. The molecule has 1 aromatic rings. The van der Waals surface area contributed by atoms with Gasteiger partial charge in [-0.15, -0.1) is 0 Å².